The molecule has 0 fully saturated rings. The van der Waals surface area contributed by atoms with Crippen LogP contribution >= 0.6 is 12.4 Å². The molecule has 0 saturated carbocycles. The van der Waals surface area contributed by atoms with E-state index >= 15 is 0 Å². The van der Waals surface area contributed by atoms with Crippen LogP contribution in [0, 0.1) is 0 Å². The lowest BCUT2D eigenvalue weighted by Crippen LogP contribution is -2.26. The molecule has 0 radical (unpaired) electrons. The maximum atomic E-state index is 5.24. The fourth-order valence-electron chi connectivity index (χ4n) is 1.60. The summed E-state index contributed by atoms with van der Waals surface area (Å²) < 4.78 is 9.11. The molecular formula is C9H15ClN5O+. The Balaban J connectivity index is 0.00000128. The predicted molar refractivity (Wildman–Crippen MR) is 63.0 cm³/mol. The van der Waals surface area contributed by atoms with E-state index in [9.17, 15) is 0 Å². The highest BCUT2D eigenvalue weighted by Gasteiger charge is 2.20. The first kappa shape index (κ1) is 12.5. The number of hydrogen-bond donors (Lipinski definition) is 1. The van der Waals surface area contributed by atoms with Crippen LogP contribution in [0.5, 0.6) is 5.88 Å². The van der Waals surface area contributed by atoms with Gasteiger partial charge < -0.3 is 10.1 Å². The molecule has 7 heteroatoms. The van der Waals surface area contributed by atoms with Crippen molar-refractivity contribution in [2.45, 2.75) is 0 Å². The smallest absolute Gasteiger partial charge is 0.311 e. The van der Waals surface area contributed by atoms with Crippen LogP contribution < -0.4 is 14.6 Å². The third kappa shape index (κ3) is 1.76. The number of imidazole rings is 1. The van der Waals surface area contributed by atoms with Gasteiger partial charge in [-0.15, -0.1) is 12.4 Å². The number of nitrogens with one attached hydrogen (secondary N) is 1. The SMILES string of the molecule is CNc1nc(OC)c2c(n1)[n+](C)cn2C.Cl. The van der Waals surface area contributed by atoms with Gasteiger partial charge in [0.05, 0.1) is 21.2 Å². The number of aryl methyl sites for hydroxylation is 2. The largest absolute Gasteiger partial charge is 0.478 e. The summed E-state index contributed by atoms with van der Waals surface area (Å²) in [5, 5.41) is 2.91. The molecule has 0 aromatic carbocycles. The molecule has 6 nitrogen and oxygen atoms in total. The first-order valence-electron chi connectivity index (χ1n) is 4.61. The van der Waals surface area contributed by atoms with E-state index in [0.29, 0.717) is 11.8 Å². The molecule has 0 atom stereocenters. The Morgan fingerprint density at radius 1 is 1.44 bits per heavy atom. The number of halogens is 1. The number of rotatable bonds is 2. The molecule has 0 aliphatic rings. The molecule has 88 valence electrons. The molecule has 0 unspecified atom stereocenters. The van der Waals surface area contributed by atoms with Crippen molar-refractivity contribution in [2.24, 2.45) is 14.1 Å². The Morgan fingerprint density at radius 2 is 2.12 bits per heavy atom. The van der Waals surface area contributed by atoms with Gasteiger partial charge in [0.1, 0.15) is 0 Å². The number of aromatic nitrogens is 4. The normalized spacial score (nSPS) is 10.0. The van der Waals surface area contributed by atoms with Gasteiger partial charge in [0.25, 0.3) is 5.88 Å². The lowest BCUT2D eigenvalue weighted by atomic mass is 10.5. The average molecular weight is 245 g/mol. The summed E-state index contributed by atoms with van der Waals surface area (Å²) in [7, 11) is 7.26. The maximum absolute atomic E-state index is 5.24. The van der Waals surface area contributed by atoms with Crippen molar-refractivity contribution in [3.8, 4) is 5.88 Å². The highest BCUT2D eigenvalue weighted by Crippen LogP contribution is 2.20. The molecule has 0 saturated heterocycles. The summed E-state index contributed by atoms with van der Waals surface area (Å²) in [6.07, 6.45) is 1.93. The van der Waals surface area contributed by atoms with Gasteiger partial charge in [0.15, 0.2) is 6.33 Å². The molecule has 0 spiro atoms. The van der Waals surface area contributed by atoms with Crippen molar-refractivity contribution in [3.05, 3.63) is 6.33 Å². The Hall–Kier alpha value is -1.56. The van der Waals surface area contributed by atoms with E-state index in [2.05, 4.69) is 15.3 Å². The quantitative estimate of drug-likeness (QED) is 0.771. The minimum atomic E-state index is 0. The summed E-state index contributed by atoms with van der Waals surface area (Å²) in [6, 6.07) is 0. The van der Waals surface area contributed by atoms with Crippen LogP contribution in [-0.4, -0.2) is 28.7 Å². The van der Waals surface area contributed by atoms with Crippen molar-refractivity contribution in [3.63, 3.8) is 0 Å². The highest BCUT2D eigenvalue weighted by molar-refractivity contribution is 5.85. The summed E-state index contributed by atoms with van der Waals surface area (Å²) >= 11 is 0. The van der Waals surface area contributed by atoms with E-state index in [4.69, 9.17) is 4.74 Å². The summed E-state index contributed by atoms with van der Waals surface area (Å²) in [5.74, 6) is 1.13. The van der Waals surface area contributed by atoms with Gasteiger partial charge >= 0.3 is 11.6 Å². The second kappa shape index (κ2) is 4.52. The zero-order valence-corrected chi connectivity index (χ0v) is 10.5. The second-order valence-electron chi connectivity index (χ2n) is 3.32. The molecule has 2 rings (SSSR count). The van der Waals surface area contributed by atoms with Gasteiger partial charge in [0, 0.05) is 7.05 Å². The first-order chi connectivity index (χ1) is 7.17. The van der Waals surface area contributed by atoms with Crippen molar-refractivity contribution in [1.29, 1.82) is 0 Å². The van der Waals surface area contributed by atoms with E-state index in [1.807, 2.05) is 29.6 Å². The van der Waals surface area contributed by atoms with E-state index in [1.165, 1.54) is 0 Å². The van der Waals surface area contributed by atoms with Crippen LogP contribution in [0.3, 0.4) is 0 Å². The lowest BCUT2D eigenvalue weighted by Gasteiger charge is -2.00. The molecule has 2 aromatic heterocycles. The van der Waals surface area contributed by atoms with Crippen LogP contribution in [0.15, 0.2) is 6.33 Å². The molecule has 16 heavy (non-hydrogen) atoms. The Morgan fingerprint density at radius 3 is 2.69 bits per heavy atom. The number of nitrogens with zero attached hydrogens (tertiary/aromatic N) is 4. The topological polar surface area (TPSA) is 55.9 Å². The zero-order chi connectivity index (χ0) is 11.0. The summed E-state index contributed by atoms with van der Waals surface area (Å²) in [6.45, 7) is 0. The standard InChI is InChI=1S/C9H14N5O.ClH/c1-10-9-11-7-6(8(12-9)15-4)13(2)5-14(7)3;/h5H,1-4H3,(H,10,11,12);1H/q+1;. The number of anilines is 1. The fourth-order valence-corrected chi connectivity index (χ4v) is 1.60. The third-order valence-corrected chi connectivity index (χ3v) is 2.28. The Labute approximate surface area is 99.7 Å². The third-order valence-electron chi connectivity index (χ3n) is 2.28. The minimum Gasteiger partial charge on any atom is -0.478 e. The number of methoxy groups -OCH3 is 1. The van der Waals surface area contributed by atoms with Crippen LogP contribution in [-0.2, 0) is 14.1 Å². The maximum Gasteiger partial charge on any atom is 0.311 e. The molecule has 0 amide bonds. The minimum absolute atomic E-state index is 0. The molecule has 2 heterocycles. The van der Waals surface area contributed by atoms with Gasteiger partial charge in [-0.1, -0.05) is 4.98 Å². The summed E-state index contributed by atoms with van der Waals surface area (Å²) in [5.41, 5.74) is 1.73. The van der Waals surface area contributed by atoms with Crippen LogP contribution in [0.2, 0.25) is 0 Å². The highest BCUT2D eigenvalue weighted by atomic mass is 35.5. The van der Waals surface area contributed by atoms with E-state index < -0.39 is 0 Å². The molecular weight excluding hydrogens is 230 g/mol. The van der Waals surface area contributed by atoms with E-state index in [1.54, 1.807) is 14.2 Å². The predicted octanol–water partition coefficient (Wildman–Crippen LogP) is 0.265. The first-order valence-corrected chi connectivity index (χ1v) is 4.61. The molecule has 2 aromatic rings. The van der Waals surface area contributed by atoms with Gasteiger partial charge in [-0.25, -0.2) is 4.57 Å². The lowest BCUT2D eigenvalue weighted by molar-refractivity contribution is -0.647. The summed E-state index contributed by atoms with van der Waals surface area (Å²) in [4.78, 5) is 8.60. The van der Waals surface area contributed by atoms with Gasteiger partial charge in [-0.05, 0) is 0 Å². The average Bonchev–Trinajstić information content (AvgIpc) is 2.53. The second-order valence-corrected chi connectivity index (χ2v) is 3.32. The number of ether oxygens (including phenoxy) is 1. The van der Waals surface area contributed by atoms with Gasteiger partial charge in [-0.3, -0.25) is 4.57 Å². The zero-order valence-electron chi connectivity index (χ0n) is 9.68. The van der Waals surface area contributed by atoms with E-state index in [0.717, 1.165) is 11.2 Å². The molecule has 1 N–H and O–H groups in total. The number of hydrogen-bond acceptors (Lipinski definition) is 4. The van der Waals surface area contributed by atoms with Crippen LogP contribution in [0.4, 0.5) is 5.95 Å². The van der Waals surface area contributed by atoms with Gasteiger partial charge in [0.2, 0.25) is 5.52 Å². The van der Waals surface area contributed by atoms with Crippen molar-refractivity contribution < 1.29 is 9.30 Å². The van der Waals surface area contributed by atoms with Crippen molar-refractivity contribution in [1.82, 2.24) is 14.5 Å². The van der Waals surface area contributed by atoms with Crippen molar-refractivity contribution >= 4 is 29.5 Å². The monoisotopic (exact) mass is 244 g/mol. The van der Waals surface area contributed by atoms with Crippen LogP contribution in [0.25, 0.3) is 11.2 Å². The Bertz CT molecular complexity index is 510. The van der Waals surface area contributed by atoms with E-state index in [-0.39, 0.29) is 12.4 Å². The van der Waals surface area contributed by atoms with Gasteiger partial charge in [-0.2, -0.15) is 4.98 Å². The fraction of sp³-hybridized carbons (Fsp3) is 0.444. The molecule has 0 aliphatic heterocycles. The molecule has 0 bridgehead atoms. The Kier molecular flexibility index (Phi) is 3.54. The number of fused-ring (bicyclic) bond motifs is 1. The van der Waals surface area contributed by atoms with Crippen molar-refractivity contribution in [2.75, 3.05) is 19.5 Å². The molecule has 0 aliphatic carbocycles. The van der Waals surface area contributed by atoms with Crippen LogP contribution in [0.1, 0.15) is 0 Å².